The van der Waals surface area contributed by atoms with E-state index >= 15 is 8.78 Å². The molecule has 9 nitrogen and oxygen atoms in total. The molecular weight excluding hydrogens is 526 g/mol. The molecular formula is C26H25F4N3O6. The van der Waals surface area contributed by atoms with E-state index in [2.05, 4.69) is 0 Å². The summed E-state index contributed by atoms with van der Waals surface area (Å²) in [5.41, 5.74) is -4.67. The molecule has 0 aliphatic carbocycles. The van der Waals surface area contributed by atoms with Crippen molar-refractivity contribution in [1.82, 2.24) is 9.47 Å². The maximum Gasteiger partial charge on any atom is 0.410 e. The number of fused-ring (bicyclic) bond motifs is 1. The quantitative estimate of drug-likeness (QED) is 0.476. The largest absolute Gasteiger partial charge is 0.477 e. The summed E-state index contributed by atoms with van der Waals surface area (Å²) in [6.45, 7) is 4.03. The van der Waals surface area contributed by atoms with Crippen LogP contribution in [-0.4, -0.2) is 69.6 Å². The number of aliphatic hydroxyl groups excluding tert-OH is 1. The second-order valence-electron chi connectivity index (χ2n) is 10.0. The number of aromatic nitrogens is 1. The third-order valence-corrected chi connectivity index (χ3v) is 6.19. The van der Waals surface area contributed by atoms with E-state index in [1.165, 1.54) is 9.80 Å². The zero-order valence-electron chi connectivity index (χ0n) is 21.2. The standard InChI is InChI=1S/C26H25F4N3O6/c1-26(2,3)39-25(38)32-7-6-31(10-14(32)12-34)22-18(29)9-15-21(20(22)30)33(11-16(23(15)35)24(36)37)19-5-4-13(27)8-17(19)28/h4-5,8-9,11,14,34H,6-7,10,12H2,1-3H3,(H,36,37)/t14-/m1/s1. The first kappa shape index (κ1) is 27.9. The highest BCUT2D eigenvalue weighted by Gasteiger charge is 2.35. The van der Waals surface area contributed by atoms with Crippen LogP contribution in [0.5, 0.6) is 0 Å². The van der Waals surface area contributed by atoms with Gasteiger partial charge in [-0.05, 0) is 39.0 Å². The van der Waals surface area contributed by atoms with Crippen molar-refractivity contribution in [3.63, 3.8) is 0 Å². The van der Waals surface area contributed by atoms with E-state index in [-0.39, 0.29) is 19.6 Å². The van der Waals surface area contributed by atoms with Gasteiger partial charge in [0.05, 0.1) is 29.2 Å². The Morgan fingerprint density at radius 3 is 2.36 bits per heavy atom. The lowest BCUT2D eigenvalue weighted by Crippen LogP contribution is -2.57. The van der Waals surface area contributed by atoms with Gasteiger partial charge in [-0.2, -0.15) is 0 Å². The minimum absolute atomic E-state index is 0.0750. The number of aliphatic hydroxyl groups is 1. The monoisotopic (exact) mass is 551 g/mol. The lowest BCUT2D eigenvalue weighted by Gasteiger charge is -2.42. The van der Waals surface area contributed by atoms with E-state index in [4.69, 9.17) is 4.74 Å². The third kappa shape index (κ3) is 5.26. The summed E-state index contributed by atoms with van der Waals surface area (Å²) < 4.78 is 65.9. The van der Waals surface area contributed by atoms with Gasteiger partial charge in [0.2, 0.25) is 5.43 Å². The average Bonchev–Trinajstić information content (AvgIpc) is 2.83. The molecule has 1 saturated heterocycles. The number of nitrogens with zero attached hydrogens (tertiary/aromatic N) is 3. The summed E-state index contributed by atoms with van der Waals surface area (Å²) in [6.07, 6.45) is -0.0344. The highest BCUT2D eigenvalue weighted by Crippen LogP contribution is 2.33. The zero-order chi connectivity index (χ0) is 28.8. The van der Waals surface area contributed by atoms with Crippen molar-refractivity contribution in [3.8, 4) is 5.69 Å². The van der Waals surface area contributed by atoms with Crippen molar-refractivity contribution in [2.75, 3.05) is 31.1 Å². The van der Waals surface area contributed by atoms with Crippen LogP contribution in [0.15, 0.2) is 35.3 Å². The molecule has 1 fully saturated rings. The number of amides is 1. The number of aromatic carboxylic acids is 1. The van der Waals surface area contributed by atoms with Crippen molar-refractivity contribution >= 4 is 28.7 Å². The molecule has 0 bridgehead atoms. The van der Waals surface area contributed by atoms with Crippen molar-refractivity contribution in [1.29, 1.82) is 0 Å². The molecule has 0 saturated carbocycles. The summed E-state index contributed by atoms with van der Waals surface area (Å²) in [6, 6.07) is 2.00. The zero-order valence-corrected chi connectivity index (χ0v) is 21.2. The molecule has 2 N–H and O–H groups in total. The maximum absolute atomic E-state index is 16.1. The molecule has 4 rings (SSSR count). The minimum atomic E-state index is -1.72. The van der Waals surface area contributed by atoms with Crippen molar-refractivity contribution in [2.45, 2.75) is 32.4 Å². The number of hydrogen-bond donors (Lipinski definition) is 2. The number of benzene rings is 2. The van der Waals surface area contributed by atoms with Crippen LogP contribution in [0.25, 0.3) is 16.6 Å². The molecule has 1 aliphatic rings. The molecule has 1 amide bonds. The van der Waals surface area contributed by atoms with Crippen molar-refractivity contribution in [3.05, 3.63) is 69.5 Å². The molecule has 0 radical (unpaired) electrons. The molecule has 0 unspecified atom stereocenters. The van der Waals surface area contributed by atoms with Gasteiger partial charge in [0, 0.05) is 31.9 Å². The molecule has 0 spiro atoms. The van der Waals surface area contributed by atoms with Crippen LogP contribution in [0.4, 0.5) is 28.0 Å². The van der Waals surface area contributed by atoms with Crippen molar-refractivity contribution < 1.29 is 42.1 Å². The summed E-state index contributed by atoms with van der Waals surface area (Å²) in [5.74, 6) is -6.39. The van der Waals surface area contributed by atoms with Crippen LogP contribution in [0, 0.1) is 23.3 Å². The third-order valence-electron chi connectivity index (χ3n) is 6.19. The Kier molecular flexibility index (Phi) is 7.30. The Labute approximate surface area is 219 Å². The van der Waals surface area contributed by atoms with Gasteiger partial charge >= 0.3 is 12.1 Å². The molecule has 1 aliphatic heterocycles. The molecule has 208 valence electrons. The van der Waals surface area contributed by atoms with Crippen LogP contribution in [0.2, 0.25) is 0 Å². The number of hydrogen-bond acceptors (Lipinski definition) is 6. The van der Waals surface area contributed by atoms with E-state index in [0.29, 0.717) is 22.9 Å². The van der Waals surface area contributed by atoms with E-state index < -0.39 is 86.9 Å². The number of carboxylic acid groups (broad SMARTS) is 1. The lowest BCUT2D eigenvalue weighted by molar-refractivity contribution is 0.00697. The first-order chi connectivity index (χ1) is 18.2. The number of anilines is 1. The molecule has 2 aromatic carbocycles. The predicted octanol–water partition coefficient (Wildman–Crippen LogP) is 3.66. The topological polar surface area (TPSA) is 112 Å². The number of piperazine rings is 1. The number of rotatable bonds is 4. The first-order valence-electron chi connectivity index (χ1n) is 11.8. The highest BCUT2D eigenvalue weighted by atomic mass is 19.1. The van der Waals surface area contributed by atoms with Crippen LogP contribution in [-0.2, 0) is 4.74 Å². The van der Waals surface area contributed by atoms with Gasteiger partial charge in [0.25, 0.3) is 0 Å². The predicted molar refractivity (Wildman–Crippen MR) is 132 cm³/mol. The van der Waals surface area contributed by atoms with Gasteiger partial charge in [-0.15, -0.1) is 0 Å². The molecule has 1 atom stereocenters. The van der Waals surface area contributed by atoms with Gasteiger partial charge in [0.1, 0.15) is 34.3 Å². The minimum Gasteiger partial charge on any atom is -0.477 e. The highest BCUT2D eigenvalue weighted by molar-refractivity contribution is 5.94. The first-order valence-corrected chi connectivity index (χ1v) is 11.8. The molecule has 3 aromatic rings. The van der Waals surface area contributed by atoms with Gasteiger partial charge in [-0.1, -0.05) is 0 Å². The van der Waals surface area contributed by atoms with Gasteiger partial charge in [0.15, 0.2) is 5.82 Å². The summed E-state index contributed by atoms with van der Waals surface area (Å²) in [7, 11) is 0. The molecule has 1 aromatic heterocycles. The number of carboxylic acids is 1. The smallest absolute Gasteiger partial charge is 0.410 e. The van der Waals surface area contributed by atoms with E-state index in [1.807, 2.05) is 0 Å². The summed E-state index contributed by atoms with van der Waals surface area (Å²) in [4.78, 5) is 39.6. The number of carbonyl (C=O) groups excluding carboxylic acids is 1. The van der Waals surface area contributed by atoms with Crippen molar-refractivity contribution in [2.24, 2.45) is 0 Å². The van der Waals surface area contributed by atoms with Gasteiger partial charge < -0.3 is 24.4 Å². The second-order valence-corrected chi connectivity index (χ2v) is 10.0. The normalized spacial score (nSPS) is 16.1. The molecule has 2 heterocycles. The van der Waals surface area contributed by atoms with Crippen LogP contribution >= 0.6 is 0 Å². The number of halogens is 4. The number of pyridine rings is 1. The fourth-order valence-corrected chi connectivity index (χ4v) is 4.49. The van der Waals surface area contributed by atoms with Crippen LogP contribution < -0.4 is 10.3 Å². The maximum atomic E-state index is 16.1. The van der Waals surface area contributed by atoms with E-state index in [1.54, 1.807) is 20.8 Å². The summed E-state index contributed by atoms with van der Waals surface area (Å²) in [5, 5.41) is 18.7. The fourth-order valence-electron chi connectivity index (χ4n) is 4.49. The average molecular weight is 551 g/mol. The Balaban J connectivity index is 1.87. The lowest BCUT2D eigenvalue weighted by atomic mass is 10.1. The van der Waals surface area contributed by atoms with Gasteiger partial charge in [-0.3, -0.25) is 9.69 Å². The number of carbonyl (C=O) groups is 2. The molecule has 39 heavy (non-hydrogen) atoms. The Morgan fingerprint density at radius 2 is 1.77 bits per heavy atom. The second kappa shape index (κ2) is 10.2. The van der Waals surface area contributed by atoms with Gasteiger partial charge in [-0.25, -0.2) is 27.2 Å². The Bertz CT molecular complexity index is 1540. The van der Waals surface area contributed by atoms with Crippen LogP contribution in [0.1, 0.15) is 31.1 Å². The fraction of sp³-hybridized carbons (Fsp3) is 0.346. The van der Waals surface area contributed by atoms with Crippen LogP contribution in [0.3, 0.4) is 0 Å². The number of ether oxygens (including phenoxy) is 1. The van der Waals surface area contributed by atoms with E-state index in [0.717, 1.165) is 12.1 Å². The van der Waals surface area contributed by atoms with E-state index in [9.17, 15) is 33.4 Å². The Morgan fingerprint density at radius 1 is 1.08 bits per heavy atom. The SMILES string of the molecule is CC(C)(C)OC(=O)N1CCN(c2c(F)cc3c(=O)c(C(=O)O)cn(-c4ccc(F)cc4F)c3c2F)C[C@@H]1CO. The molecule has 13 heteroatoms. The summed E-state index contributed by atoms with van der Waals surface area (Å²) >= 11 is 0. The Hall–Kier alpha value is -4.13.